The number of hydrogen-bond donors (Lipinski definition) is 7. The summed E-state index contributed by atoms with van der Waals surface area (Å²) in [5, 5.41) is 21.7. The van der Waals surface area contributed by atoms with Crippen LogP contribution in [0.3, 0.4) is 0 Å². The third-order valence-electron chi connectivity index (χ3n) is 4.64. The number of hydrogen-bond acceptors (Lipinski definition) is 11. The molecule has 1 saturated heterocycles. The molecule has 2 rings (SSSR count). The maximum atomic E-state index is 13.9. The van der Waals surface area contributed by atoms with Crippen molar-refractivity contribution in [2.45, 2.75) is 36.9 Å². The molecule has 0 saturated carbocycles. The van der Waals surface area contributed by atoms with Crippen molar-refractivity contribution < 1.29 is 65.8 Å². The van der Waals surface area contributed by atoms with Gasteiger partial charge < -0.3 is 34.5 Å². The number of ether oxygens (including phenoxy) is 1. The Morgan fingerprint density at radius 2 is 1.73 bits per heavy atom. The lowest BCUT2D eigenvalue weighted by atomic mass is 9.79. The van der Waals surface area contributed by atoms with Gasteiger partial charge >= 0.3 is 29.2 Å². The summed E-state index contributed by atoms with van der Waals surface area (Å²) in [5.41, 5.74) is -7.38. The van der Waals surface area contributed by atoms with Crippen molar-refractivity contribution in [2.75, 3.05) is 13.3 Å². The highest BCUT2D eigenvalue weighted by Gasteiger charge is 2.66. The van der Waals surface area contributed by atoms with Crippen LogP contribution in [0.5, 0.6) is 0 Å². The lowest BCUT2D eigenvalue weighted by molar-refractivity contribution is -0.166. The van der Waals surface area contributed by atoms with Gasteiger partial charge in [0, 0.05) is 12.3 Å². The van der Waals surface area contributed by atoms with E-state index in [1.165, 1.54) is 6.92 Å². The van der Waals surface area contributed by atoms with Crippen molar-refractivity contribution in [1.29, 1.82) is 0 Å². The number of nitrogens with one attached hydrogen (secondary N) is 1. The van der Waals surface area contributed by atoms with Crippen LogP contribution in [0.15, 0.2) is 21.9 Å². The number of aromatic nitrogens is 2. The van der Waals surface area contributed by atoms with Crippen LogP contribution in [0.2, 0.25) is 0 Å². The molecule has 0 aromatic carbocycles. The molecule has 190 valence electrons. The summed E-state index contributed by atoms with van der Waals surface area (Å²) in [6.07, 6.45) is -3.44. The first-order valence-electron chi connectivity index (χ1n) is 8.66. The fourth-order valence-electron chi connectivity index (χ4n) is 3.11. The zero-order valence-corrected chi connectivity index (χ0v) is 19.1. The first-order chi connectivity index (χ1) is 14.9. The fraction of sp³-hybridized carbons (Fsp3) is 0.667. The van der Waals surface area contributed by atoms with E-state index in [2.05, 4.69) is 13.1 Å². The Balaban J connectivity index is 2.32. The van der Waals surface area contributed by atoms with E-state index >= 15 is 0 Å². The number of aliphatic hydroxyl groups is 2. The third-order valence-corrected chi connectivity index (χ3v) is 8.44. The molecule has 0 spiro atoms. The Bertz CT molecular complexity index is 1130. The van der Waals surface area contributed by atoms with E-state index in [1.807, 2.05) is 4.98 Å². The molecule has 1 aliphatic rings. The zero-order valence-electron chi connectivity index (χ0n) is 16.5. The molecule has 21 heteroatoms. The Hall–Kier alpha value is -1.10. The normalized spacial score (nSPS) is 31.8. The molecule has 1 fully saturated rings. The minimum atomic E-state index is -5.85. The van der Waals surface area contributed by atoms with Gasteiger partial charge in [-0.3, -0.25) is 18.9 Å². The Morgan fingerprint density at radius 3 is 2.21 bits per heavy atom. The molecule has 0 radical (unpaired) electrons. The summed E-state index contributed by atoms with van der Waals surface area (Å²) in [7, 11) is -17.2. The van der Waals surface area contributed by atoms with Crippen LogP contribution in [0.4, 0.5) is 4.39 Å². The van der Waals surface area contributed by atoms with Crippen molar-refractivity contribution in [3.63, 3.8) is 0 Å². The highest BCUT2D eigenvalue weighted by atomic mass is 31.3. The van der Waals surface area contributed by atoms with Gasteiger partial charge in [0.25, 0.3) is 5.56 Å². The number of H-pyrrole nitrogens is 1. The van der Waals surface area contributed by atoms with Gasteiger partial charge in [-0.25, -0.2) is 22.9 Å². The van der Waals surface area contributed by atoms with Crippen molar-refractivity contribution >= 4 is 23.5 Å². The second-order valence-corrected chi connectivity index (χ2v) is 11.1. The van der Waals surface area contributed by atoms with E-state index in [4.69, 9.17) is 19.4 Å². The van der Waals surface area contributed by atoms with Crippen LogP contribution in [-0.4, -0.2) is 69.9 Å². The molecule has 33 heavy (non-hydrogen) atoms. The molecule has 0 amide bonds. The number of nitrogens with zero attached hydrogens (tertiary/aromatic N) is 1. The van der Waals surface area contributed by atoms with Gasteiger partial charge in [0.05, 0.1) is 6.61 Å². The summed E-state index contributed by atoms with van der Waals surface area (Å²) in [5.74, 6) is 0. The molecule has 0 bridgehead atoms. The highest BCUT2D eigenvalue weighted by Crippen LogP contribution is 2.66. The van der Waals surface area contributed by atoms with Crippen LogP contribution in [0.25, 0.3) is 0 Å². The quantitative estimate of drug-likeness (QED) is 0.167. The van der Waals surface area contributed by atoms with Crippen LogP contribution >= 0.6 is 23.5 Å². The number of halogens is 1. The van der Waals surface area contributed by atoms with E-state index in [-0.39, 0.29) is 0 Å². The molecule has 0 aliphatic carbocycles. The summed E-state index contributed by atoms with van der Waals surface area (Å²) in [6, 6.07) is 0.856. The van der Waals surface area contributed by atoms with E-state index < -0.39 is 78.0 Å². The average molecular weight is 544 g/mol. The van der Waals surface area contributed by atoms with Gasteiger partial charge in [-0.15, -0.1) is 0 Å². The first-order valence-corrected chi connectivity index (χ1v) is 13.2. The fourth-order valence-corrected chi connectivity index (χ4v) is 6.12. The smallest absolute Gasteiger partial charge is 0.382 e. The van der Waals surface area contributed by atoms with Gasteiger partial charge in [0.1, 0.15) is 18.4 Å². The lowest BCUT2D eigenvalue weighted by Crippen LogP contribution is -2.60. The monoisotopic (exact) mass is 544 g/mol. The third kappa shape index (κ3) is 6.13. The summed E-state index contributed by atoms with van der Waals surface area (Å²) >= 11 is 0. The van der Waals surface area contributed by atoms with Gasteiger partial charge in [0.2, 0.25) is 0 Å². The molecule has 17 nitrogen and oxygen atoms in total. The number of rotatable bonds is 10. The average Bonchev–Trinajstić information content (AvgIpc) is 2.86. The molecular weight excluding hydrogens is 524 g/mol. The Kier molecular flexibility index (Phi) is 8.11. The zero-order chi connectivity index (χ0) is 25.5. The van der Waals surface area contributed by atoms with Crippen LogP contribution in [0, 0.1) is 0 Å². The summed E-state index contributed by atoms with van der Waals surface area (Å²) in [6.45, 7) is -1.77. The molecule has 2 heterocycles. The lowest BCUT2D eigenvalue weighted by Gasteiger charge is -2.38. The van der Waals surface area contributed by atoms with Crippen LogP contribution in [-0.2, 0) is 31.6 Å². The number of phosphoric acid groups is 3. The summed E-state index contributed by atoms with van der Waals surface area (Å²) < 4.78 is 65.1. The van der Waals surface area contributed by atoms with E-state index in [0.717, 1.165) is 12.3 Å². The minimum Gasteiger partial charge on any atom is -0.382 e. The maximum absolute atomic E-state index is 13.9. The van der Waals surface area contributed by atoms with Crippen molar-refractivity contribution in [3.8, 4) is 0 Å². The Labute approximate surface area is 182 Å². The Morgan fingerprint density at radius 1 is 1.12 bits per heavy atom. The van der Waals surface area contributed by atoms with E-state index in [9.17, 15) is 42.8 Å². The van der Waals surface area contributed by atoms with Crippen molar-refractivity contribution in [2.24, 2.45) is 0 Å². The van der Waals surface area contributed by atoms with Gasteiger partial charge in [-0.2, -0.15) is 8.62 Å². The number of aromatic amines is 1. The maximum Gasteiger partial charge on any atom is 0.490 e. The molecular formula is C12H20FN2O15P3. The molecule has 2 unspecified atom stereocenters. The molecule has 1 aromatic rings. The largest absolute Gasteiger partial charge is 0.490 e. The highest BCUT2D eigenvalue weighted by molar-refractivity contribution is 7.66. The predicted octanol–water partition coefficient (Wildman–Crippen LogP) is -1.38. The molecule has 6 atom stereocenters. The topological polar surface area (TPSA) is 264 Å². The van der Waals surface area contributed by atoms with Crippen LogP contribution < -0.4 is 11.2 Å². The first kappa shape index (κ1) is 28.1. The van der Waals surface area contributed by atoms with Gasteiger partial charge in [0.15, 0.2) is 11.8 Å². The van der Waals surface area contributed by atoms with Gasteiger partial charge in [-0.05, 0) is 6.42 Å². The van der Waals surface area contributed by atoms with Gasteiger partial charge in [-0.1, -0.05) is 6.92 Å². The minimum absolute atomic E-state index is 0.449. The van der Waals surface area contributed by atoms with Crippen molar-refractivity contribution in [3.05, 3.63) is 33.1 Å². The standard InChI is InChI=1S/C12H20FN2O15P3/c1-2-11(18)9(15-4-3-8(16)14-10(15)17)28-7(12(11,19)6-13)5-27-32(23,24)30-33(25,26)29-31(20,21)22/h3-4,7,9,18-19H,2,5-6H2,1H3,(H,23,24)(H,25,26)(H,14,16,17)(H2,20,21,22)/t7-,9-,11+,12-/m1/s1. The number of phosphoric ester groups is 1. The SMILES string of the molecule is CC[C@]1(O)[C@H](n2ccc(=O)[nH]c2=O)O[C@H](COP(=O)(O)OP(=O)(O)OP(=O)(O)O)[C@]1(O)CF. The van der Waals surface area contributed by atoms with Crippen molar-refractivity contribution in [1.82, 2.24) is 9.55 Å². The second-order valence-electron chi connectivity index (χ2n) is 6.72. The van der Waals surface area contributed by atoms with E-state index in [1.54, 1.807) is 0 Å². The molecule has 7 N–H and O–H groups in total. The number of alkyl halides is 1. The van der Waals surface area contributed by atoms with E-state index in [0.29, 0.717) is 4.57 Å². The molecule has 1 aromatic heterocycles. The summed E-state index contributed by atoms with van der Waals surface area (Å²) in [4.78, 5) is 60.9. The predicted molar refractivity (Wildman–Crippen MR) is 101 cm³/mol. The second kappa shape index (κ2) is 9.51. The molecule has 1 aliphatic heterocycles. The van der Waals surface area contributed by atoms with Crippen LogP contribution in [0.1, 0.15) is 19.6 Å².